The number of carbonyl (C=O) groups is 2. The molecule has 2 rings (SSSR count). The summed E-state index contributed by atoms with van der Waals surface area (Å²) in [4.78, 5) is 24.1. The molecule has 0 bridgehead atoms. The molecule has 0 fully saturated rings. The minimum Gasteiger partial charge on any atom is -0.490 e. The highest BCUT2D eigenvalue weighted by molar-refractivity contribution is 5.88. The Balaban J connectivity index is 2.14. The molecule has 0 aromatic heterocycles. The molecule has 180 valence electrons. The van der Waals surface area contributed by atoms with Crippen molar-refractivity contribution in [1.29, 1.82) is 0 Å². The van der Waals surface area contributed by atoms with Gasteiger partial charge in [-0.25, -0.2) is 9.59 Å². The van der Waals surface area contributed by atoms with Gasteiger partial charge in [0.1, 0.15) is 25.6 Å². The quantitative estimate of drug-likeness (QED) is 0.257. The predicted octanol–water partition coefficient (Wildman–Crippen LogP) is 3.84. The van der Waals surface area contributed by atoms with E-state index in [0.29, 0.717) is 6.61 Å². The molecular formula is C27H30O7. The van der Waals surface area contributed by atoms with Gasteiger partial charge in [-0.3, -0.25) is 0 Å². The summed E-state index contributed by atoms with van der Waals surface area (Å²) in [6.45, 7) is 10.6. The summed E-state index contributed by atoms with van der Waals surface area (Å²) >= 11 is 0. The maximum absolute atomic E-state index is 12.1. The lowest BCUT2D eigenvalue weighted by Gasteiger charge is -2.19. The van der Waals surface area contributed by atoms with Crippen molar-refractivity contribution in [2.75, 3.05) is 40.1 Å². The Morgan fingerprint density at radius 1 is 0.912 bits per heavy atom. The summed E-state index contributed by atoms with van der Waals surface area (Å²) in [5.74, 6) is -0.978. The van der Waals surface area contributed by atoms with E-state index >= 15 is 0 Å². The van der Waals surface area contributed by atoms with Crippen LogP contribution in [0.25, 0.3) is 11.1 Å². The first-order valence-electron chi connectivity index (χ1n) is 10.6. The number of aliphatic hydroxyl groups excluding tert-OH is 1. The van der Waals surface area contributed by atoms with Crippen LogP contribution in [0.3, 0.4) is 0 Å². The molecule has 0 saturated carbocycles. The van der Waals surface area contributed by atoms with Crippen molar-refractivity contribution in [1.82, 2.24) is 0 Å². The molecule has 0 amide bonds. The van der Waals surface area contributed by atoms with E-state index in [0.717, 1.165) is 22.4 Å². The number of aliphatic hydroxyl groups is 1. The highest BCUT2D eigenvalue weighted by Gasteiger charge is 2.19. The molecule has 2 aromatic rings. The van der Waals surface area contributed by atoms with Crippen molar-refractivity contribution in [3.8, 4) is 16.9 Å². The average Bonchev–Trinajstić information content (AvgIpc) is 2.87. The monoisotopic (exact) mass is 466 g/mol. The molecule has 1 atom stereocenters. The largest absolute Gasteiger partial charge is 0.490 e. The van der Waals surface area contributed by atoms with Crippen molar-refractivity contribution in [2.24, 2.45) is 0 Å². The summed E-state index contributed by atoms with van der Waals surface area (Å²) in [6, 6.07) is 15.3. The number of methoxy groups -OCH3 is 1. The highest BCUT2D eigenvalue weighted by atomic mass is 16.5. The second-order valence-electron chi connectivity index (χ2n) is 7.44. The van der Waals surface area contributed by atoms with Gasteiger partial charge >= 0.3 is 11.9 Å². The third-order valence-electron chi connectivity index (χ3n) is 4.86. The Kier molecular flexibility index (Phi) is 10.8. The zero-order valence-corrected chi connectivity index (χ0v) is 19.3. The average molecular weight is 467 g/mol. The second-order valence-corrected chi connectivity index (χ2v) is 7.44. The summed E-state index contributed by atoms with van der Waals surface area (Å²) in [7, 11) is 1.46. The molecule has 1 unspecified atom stereocenters. The molecule has 0 aliphatic carbocycles. The van der Waals surface area contributed by atoms with E-state index in [1.54, 1.807) is 6.08 Å². The van der Waals surface area contributed by atoms with E-state index in [1.165, 1.54) is 7.11 Å². The van der Waals surface area contributed by atoms with Crippen molar-refractivity contribution < 1.29 is 33.6 Å². The van der Waals surface area contributed by atoms with Crippen LogP contribution in [0.4, 0.5) is 0 Å². The maximum Gasteiger partial charge on any atom is 0.335 e. The van der Waals surface area contributed by atoms with Crippen LogP contribution in [0.5, 0.6) is 5.75 Å². The summed E-state index contributed by atoms with van der Waals surface area (Å²) in [5.41, 5.74) is 2.92. The third kappa shape index (κ3) is 8.03. The molecule has 2 aromatic carbocycles. The van der Waals surface area contributed by atoms with Crippen LogP contribution in [0.15, 0.2) is 85.5 Å². The Bertz CT molecular complexity index is 991. The standard InChI is InChI=1S/C27H30O7/c1-5-14-32-25-12-10-22(11-13-25)21-6-8-23(9-7-21)24(17-33-26(29)19(2)15-28)18-34-27(30)20(3)16-31-4/h5-13,24,28H,1-3,14-18H2,4H3. The van der Waals surface area contributed by atoms with Gasteiger partial charge in [0.2, 0.25) is 0 Å². The van der Waals surface area contributed by atoms with Gasteiger partial charge in [-0.15, -0.1) is 0 Å². The molecule has 7 nitrogen and oxygen atoms in total. The molecular weight excluding hydrogens is 436 g/mol. The molecule has 0 aliphatic heterocycles. The number of ether oxygens (including phenoxy) is 4. The van der Waals surface area contributed by atoms with Crippen LogP contribution in [-0.4, -0.2) is 57.2 Å². The van der Waals surface area contributed by atoms with Gasteiger partial charge < -0.3 is 24.1 Å². The van der Waals surface area contributed by atoms with Crippen molar-refractivity contribution >= 4 is 11.9 Å². The minimum atomic E-state index is -0.710. The van der Waals surface area contributed by atoms with Crippen LogP contribution < -0.4 is 4.74 Å². The van der Waals surface area contributed by atoms with Gasteiger partial charge in [0.25, 0.3) is 0 Å². The first-order chi connectivity index (χ1) is 16.4. The fourth-order valence-electron chi connectivity index (χ4n) is 2.94. The lowest BCUT2D eigenvalue weighted by Crippen LogP contribution is -2.21. The van der Waals surface area contributed by atoms with E-state index in [4.69, 9.17) is 24.1 Å². The van der Waals surface area contributed by atoms with Gasteiger partial charge in [-0.05, 0) is 28.8 Å². The molecule has 7 heteroatoms. The van der Waals surface area contributed by atoms with Gasteiger partial charge in [-0.1, -0.05) is 62.2 Å². The lowest BCUT2D eigenvalue weighted by molar-refractivity contribution is -0.143. The van der Waals surface area contributed by atoms with Crippen molar-refractivity contribution in [2.45, 2.75) is 5.92 Å². The Morgan fingerprint density at radius 3 is 1.94 bits per heavy atom. The second kappa shape index (κ2) is 13.8. The topological polar surface area (TPSA) is 91.3 Å². The number of hydrogen-bond acceptors (Lipinski definition) is 7. The summed E-state index contributed by atoms with van der Waals surface area (Å²) < 4.78 is 21.0. The SMILES string of the molecule is C=CCOc1ccc(-c2ccc(C(COC(=O)C(=C)CO)COC(=O)C(=C)COC)cc2)cc1. The third-order valence-corrected chi connectivity index (χ3v) is 4.86. The van der Waals surface area contributed by atoms with Gasteiger partial charge in [0, 0.05) is 7.11 Å². The summed E-state index contributed by atoms with van der Waals surface area (Å²) in [6.07, 6.45) is 1.69. The van der Waals surface area contributed by atoms with Crippen LogP contribution in [0.2, 0.25) is 0 Å². The molecule has 1 N–H and O–H groups in total. The molecule has 0 heterocycles. The first-order valence-corrected chi connectivity index (χ1v) is 10.6. The summed E-state index contributed by atoms with van der Waals surface area (Å²) in [5, 5.41) is 9.07. The van der Waals surface area contributed by atoms with Crippen molar-refractivity contribution in [3.63, 3.8) is 0 Å². The minimum absolute atomic E-state index is 0.0326. The van der Waals surface area contributed by atoms with Gasteiger partial charge in [0.15, 0.2) is 0 Å². The highest BCUT2D eigenvalue weighted by Crippen LogP contribution is 2.26. The van der Waals surface area contributed by atoms with Crippen LogP contribution in [-0.2, 0) is 23.8 Å². The molecule has 34 heavy (non-hydrogen) atoms. The van der Waals surface area contributed by atoms with E-state index in [1.807, 2.05) is 48.5 Å². The van der Waals surface area contributed by atoms with Crippen LogP contribution in [0, 0.1) is 0 Å². The Labute approximate surface area is 199 Å². The van der Waals surface area contributed by atoms with E-state index in [2.05, 4.69) is 19.7 Å². The first kappa shape index (κ1) is 26.6. The fourth-order valence-corrected chi connectivity index (χ4v) is 2.94. The smallest absolute Gasteiger partial charge is 0.335 e. The molecule has 0 spiro atoms. The number of carbonyl (C=O) groups excluding carboxylic acids is 2. The number of benzene rings is 2. The predicted molar refractivity (Wildman–Crippen MR) is 129 cm³/mol. The zero-order valence-electron chi connectivity index (χ0n) is 19.3. The molecule has 0 aliphatic rings. The Morgan fingerprint density at radius 2 is 1.44 bits per heavy atom. The van der Waals surface area contributed by atoms with E-state index in [9.17, 15) is 9.59 Å². The normalized spacial score (nSPS) is 11.2. The number of rotatable bonds is 14. The molecule has 0 radical (unpaired) electrons. The molecule has 0 saturated heterocycles. The van der Waals surface area contributed by atoms with Gasteiger partial charge in [-0.2, -0.15) is 0 Å². The van der Waals surface area contributed by atoms with E-state index < -0.39 is 24.5 Å². The Hall–Kier alpha value is -3.68. The fraction of sp³-hybridized carbons (Fsp3) is 0.259. The van der Waals surface area contributed by atoms with Crippen LogP contribution in [0.1, 0.15) is 11.5 Å². The maximum atomic E-state index is 12.1. The number of esters is 2. The van der Waals surface area contributed by atoms with Gasteiger partial charge in [0.05, 0.1) is 30.3 Å². The van der Waals surface area contributed by atoms with Crippen molar-refractivity contribution in [3.05, 3.63) is 91.1 Å². The zero-order chi connectivity index (χ0) is 24.9. The lowest BCUT2D eigenvalue weighted by atomic mass is 9.97. The number of hydrogen-bond donors (Lipinski definition) is 1. The van der Waals surface area contributed by atoms with Crippen LogP contribution >= 0.6 is 0 Å². The van der Waals surface area contributed by atoms with E-state index in [-0.39, 0.29) is 31.0 Å².